The summed E-state index contributed by atoms with van der Waals surface area (Å²) in [6.07, 6.45) is 2.46. The first-order chi connectivity index (χ1) is 10.9. The maximum Gasteiger partial charge on any atom is 0.128 e. The summed E-state index contributed by atoms with van der Waals surface area (Å²) in [5.74, 6) is 1.53. The van der Waals surface area contributed by atoms with Gasteiger partial charge in [0.2, 0.25) is 0 Å². The van der Waals surface area contributed by atoms with Crippen LogP contribution >= 0.6 is 11.6 Å². The largest absolute Gasteiger partial charge is 0.457 e. The maximum absolute atomic E-state index is 9.17. The molecule has 0 radical (unpaired) electrons. The average molecular weight is 334 g/mol. The molecule has 0 aromatic heterocycles. The lowest BCUT2D eigenvalue weighted by molar-refractivity contribution is 0.198. The molecule has 1 atom stereocenters. The monoisotopic (exact) mass is 333 g/mol. The van der Waals surface area contributed by atoms with Gasteiger partial charge in [0, 0.05) is 10.6 Å². The second kappa shape index (κ2) is 7.82. The summed E-state index contributed by atoms with van der Waals surface area (Å²) < 4.78 is 5.83. The van der Waals surface area contributed by atoms with E-state index in [9.17, 15) is 5.11 Å². The number of rotatable bonds is 7. The molecule has 4 heteroatoms. The van der Waals surface area contributed by atoms with Gasteiger partial charge < -0.3 is 15.6 Å². The average Bonchev–Trinajstić information content (AvgIpc) is 2.49. The minimum Gasteiger partial charge on any atom is -0.457 e. The molecule has 0 heterocycles. The molecule has 0 aliphatic rings. The molecule has 0 saturated carbocycles. The van der Waals surface area contributed by atoms with Gasteiger partial charge >= 0.3 is 0 Å². The summed E-state index contributed by atoms with van der Waals surface area (Å²) in [6.45, 7) is 3.87. The van der Waals surface area contributed by atoms with Crippen LogP contribution in [0.1, 0.15) is 30.9 Å². The molecule has 0 fully saturated rings. The van der Waals surface area contributed by atoms with Crippen LogP contribution in [-0.2, 0) is 6.42 Å². The second-order valence-corrected chi connectivity index (χ2v) is 6.74. The molecule has 23 heavy (non-hydrogen) atoms. The Balaban J connectivity index is 1.98. The number of aliphatic hydroxyl groups excluding tert-OH is 1. The Morgan fingerprint density at radius 2 is 1.91 bits per heavy atom. The van der Waals surface area contributed by atoms with E-state index in [1.54, 1.807) is 0 Å². The molecule has 0 unspecified atom stereocenters. The van der Waals surface area contributed by atoms with Gasteiger partial charge in [0.15, 0.2) is 0 Å². The molecule has 0 saturated heterocycles. The Labute approximate surface area is 143 Å². The van der Waals surface area contributed by atoms with Gasteiger partial charge in [-0.1, -0.05) is 29.8 Å². The first-order valence-corrected chi connectivity index (χ1v) is 8.20. The number of aliphatic hydroxyl groups is 1. The SMILES string of the molecule is Cc1cccc(Oc2ccc(CCC[C@@](C)(N)CO)c(Cl)c2)c1. The van der Waals surface area contributed by atoms with Crippen LogP contribution < -0.4 is 10.5 Å². The van der Waals surface area contributed by atoms with Gasteiger partial charge in [-0.3, -0.25) is 0 Å². The van der Waals surface area contributed by atoms with Crippen LogP contribution in [0.25, 0.3) is 0 Å². The number of nitrogens with two attached hydrogens (primary N) is 1. The molecular formula is C19H24ClNO2. The number of hydrogen-bond acceptors (Lipinski definition) is 3. The lowest BCUT2D eigenvalue weighted by Gasteiger charge is -2.21. The van der Waals surface area contributed by atoms with Crippen LogP contribution in [-0.4, -0.2) is 17.3 Å². The van der Waals surface area contributed by atoms with Crippen molar-refractivity contribution in [3.05, 3.63) is 58.6 Å². The van der Waals surface area contributed by atoms with E-state index < -0.39 is 5.54 Å². The summed E-state index contributed by atoms with van der Waals surface area (Å²) in [4.78, 5) is 0. The van der Waals surface area contributed by atoms with Crippen molar-refractivity contribution >= 4 is 11.6 Å². The molecule has 2 aromatic rings. The number of hydrogen-bond donors (Lipinski definition) is 2. The first kappa shape index (κ1) is 17.8. The van der Waals surface area contributed by atoms with Crippen molar-refractivity contribution in [2.75, 3.05) is 6.61 Å². The fourth-order valence-electron chi connectivity index (χ4n) is 2.37. The fourth-order valence-corrected chi connectivity index (χ4v) is 2.64. The van der Waals surface area contributed by atoms with Crippen molar-refractivity contribution < 1.29 is 9.84 Å². The molecule has 0 amide bonds. The van der Waals surface area contributed by atoms with Crippen LogP contribution in [0.4, 0.5) is 0 Å². The Morgan fingerprint density at radius 1 is 1.17 bits per heavy atom. The topological polar surface area (TPSA) is 55.5 Å². The Hall–Kier alpha value is -1.55. The standard InChI is InChI=1S/C19H24ClNO2/c1-14-5-3-7-16(11-14)23-17-9-8-15(18(20)12-17)6-4-10-19(2,21)13-22/h3,5,7-9,11-12,22H,4,6,10,13,21H2,1-2H3/t19-/m1/s1. The molecule has 2 aromatic carbocycles. The molecule has 0 aliphatic carbocycles. The quantitative estimate of drug-likeness (QED) is 0.785. The van der Waals surface area contributed by atoms with Crippen molar-refractivity contribution in [3.63, 3.8) is 0 Å². The van der Waals surface area contributed by atoms with Gasteiger partial charge in [-0.25, -0.2) is 0 Å². The highest BCUT2D eigenvalue weighted by Crippen LogP contribution is 2.28. The predicted octanol–water partition coefficient (Wildman–Crippen LogP) is 4.47. The van der Waals surface area contributed by atoms with Crippen LogP contribution in [0, 0.1) is 6.92 Å². The molecule has 124 valence electrons. The number of aryl methyl sites for hydroxylation is 2. The predicted molar refractivity (Wildman–Crippen MR) is 95.3 cm³/mol. The highest BCUT2D eigenvalue weighted by atomic mass is 35.5. The van der Waals surface area contributed by atoms with Crippen molar-refractivity contribution in [3.8, 4) is 11.5 Å². The van der Waals surface area contributed by atoms with Gasteiger partial charge in [0.1, 0.15) is 11.5 Å². The van der Waals surface area contributed by atoms with E-state index in [4.69, 9.17) is 22.1 Å². The second-order valence-electron chi connectivity index (χ2n) is 6.34. The van der Waals surface area contributed by atoms with Crippen LogP contribution in [0.2, 0.25) is 5.02 Å². The number of ether oxygens (including phenoxy) is 1. The van der Waals surface area contributed by atoms with Gasteiger partial charge in [0.25, 0.3) is 0 Å². The molecule has 0 spiro atoms. The maximum atomic E-state index is 9.17. The number of benzene rings is 2. The lowest BCUT2D eigenvalue weighted by atomic mass is 9.95. The van der Waals surface area contributed by atoms with Crippen molar-refractivity contribution in [1.82, 2.24) is 0 Å². The minimum absolute atomic E-state index is 0.00992. The zero-order valence-electron chi connectivity index (χ0n) is 13.7. The smallest absolute Gasteiger partial charge is 0.128 e. The van der Waals surface area contributed by atoms with Gasteiger partial charge in [-0.05, 0) is 68.5 Å². The van der Waals surface area contributed by atoms with Gasteiger partial charge in [0.05, 0.1) is 6.61 Å². The molecule has 3 nitrogen and oxygen atoms in total. The summed E-state index contributed by atoms with van der Waals surface area (Å²) in [7, 11) is 0. The van der Waals surface area contributed by atoms with Gasteiger partial charge in [-0.15, -0.1) is 0 Å². The van der Waals surface area contributed by atoms with Crippen molar-refractivity contribution in [2.24, 2.45) is 5.73 Å². The zero-order valence-corrected chi connectivity index (χ0v) is 14.4. The normalized spacial score (nSPS) is 13.6. The first-order valence-electron chi connectivity index (χ1n) is 7.82. The molecular weight excluding hydrogens is 310 g/mol. The third kappa shape index (κ3) is 5.54. The van der Waals surface area contributed by atoms with E-state index in [1.165, 1.54) is 0 Å². The molecule has 2 rings (SSSR count). The Kier molecular flexibility index (Phi) is 6.05. The molecule has 0 bridgehead atoms. The third-order valence-corrected chi connectivity index (χ3v) is 4.16. The molecule has 0 aliphatic heterocycles. The van der Waals surface area contributed by atoms with Gasteiger partial charge in [-0.2, -0.15) is 0 Å². The van der Waals surface area contributed by atoms with E-state index in [0.29, 0.717) is 5.02 Å². The molecule has 3 N–H and O–H groups in total. The van der Waals surface area contributed by atoms with Crippen LogP contribution in [0.3, 0.4) is 0 Å². The van der Waals surface area contributed by atoms with Crippen molar-refractivity contribution in [2.45, 2.75) is 38.6 Å². The van der Waals surface area contributed by atoms with E-state index in [1.807, 2.05) is 56.3 Å². The van der Waals surface area contributed by atoms with E-state index in [-0.39, 0.29) is 6.61 Å². The summed E-state index contributed by atoms with van der Waals surface area (Å²) >= 11 is 6.35. The van der Waals surface area contributed by atoms with E-state index >= 15 is 0 Å². The Bertz CT molecular complexity index is 656. The van der Waals surface area contributed by atoms with Crippen LogP contribution in [0.5, 0.6) is 11.5 Å². The summed E-state index contributed by atoms with van der Waals surface area (Å²) in [5, 5.41) is 9.87. The van der Waals surface area contributed by atoms with Crippen LogP contribution in [0.15, 0.2) is 42.5 Å². The summed E-state index contributed by atoms with van der Waals surface area (Å²) in [6, 6.07) is 13.7. The zero-order chi connectivity index (χ0) is 16.9. The summed E-state index contributed by atoms with van der Waals surface area (Å²) in [5.41, 5.74) is 7.63. The van der Waals surface area contributed by atoms with Crippen molar-refractivity contribution in [1.29, 1.82) is 0 Å². The fraction of sp³-hybridized carbons (Fsp3) is 0.368. The van der Waals surface area contributed by atoms with E-state index in [0.717, 1.165) is 41.9 Å². The lowest BCUT2D eigenvalue weighted by Crippen LogP contribution is -2.40. The highest BCUT2D eigenvalue weighted by Gasteiger charge is 2.16. The Morgan fingerprint density at radius 3 is 2.57 bits per heavy atom. The highest BCUT2D eigenvalue weighted by molar-refractivity contribution is 6.31. The van der Waals surface area contributed by atoms with E-state index in [2.05, 4.69) is 0 Å². The minimum atomic E-state index is -0.527. The third-order valence-electron chi connectivity index (χ3n) is 3.80. The number of halogens is 1.